The van der Waals surface area contributed by atoms with Crippen LogP contribution in [-0.4, -0.2) is 20.7 Å². The Morgan fingerprint density at radius 3 is 2.50 bits per heavy atom. The molecule has 0 aliphatic rings. The molecule has 124 valence electrons. The first-order valence-electron chi connectivity index (χ1n) is 7.73. The largest absolute Gasteiger partial charge is 0.318 e. The maximum atomic E-state index is 12.5. The highest BCUT2D eigenvalue weighted by atomic mass is 32.1. The highest BCUT2D eigenvalue weighted by Gasteiger charge is 2.20. The zero-order chi connectivity index (χ0) is 17.3. The Bertz CT molecular complexity index is 859. The molecule has 0 aliphatic carbocycles. The summed E-state index contributed by atoms with van der Waals surface area (Å²) in [6.45, 7) is 8.21. The first-order chi connectivity index (χ1) is 11.4. The highest BCUT2D eigenvalue weighted by Crippen LogP contribution is 2.29. The summed E-state index contributed by atoms with van der Waals surface area (Å²) in [5.41, 5.74) is 2.63. The van der Waals surface area contributed by atoms with E-state index in [0.717, 1.165) is 21.8 Å². The topological polar surface area (TPSA) is 59.8 Å². The molecule has 0 radical (unpaired) electrons. The van der Waals surface area contributed by atoms with Crippen molar-refractivity contribution < 1.29 is 4.79 Å². The normalized spacial score (nSPS) is 11.5. The molecule has 0 atom stereocenters. The van der Waals surface area contributed by atoms with E-state index in [1.165, 1.54) is 11.3 Å². The fourth-order valence-electron chi connectivity index (χ4n) is 2.52. The second kappa shape index (κ2) is 6.20. The van der Waals surface area contributed by atoms with Crippen LogP contribution >= 0.6 is 11.3 Å². The van der Waals surface area contributed by atoms with Crippen LogP contribution in [0, 0.1) is 6.92 Å². The molecule has 6 heteroatoms. The zero-order valence-corrected chi connectivity index (χ0v) is 15.0. The number of aromatic nitrogens is 3. The molecule has 3 aromatic heterocycles. The molecule has 3 heterocycles. The molecule has 0 saturated heterocycles. The minimum atomic E-state index is -0.121. The molecule has 0 spiro atoms. The molecule has 0 unspecified atom stereocenters. The van der Waals surface area contributed by atoms with Gasteiger partial charge in [-0.05, 0) is 57.5 Å². The van der Waals surface area contributed by atoms with E-state index < -0.39 is 0 Å². The van der Waals surface area contributed by atoms with Crippen molar-refractivity contribution in [2.24, 2.45) is 0 Å². The van der Waals surface area contributed by atoms with Crippen LogP contribution in [0.1, 0.15) is 36.1 Å². The van der Waals surface area contributed by atoms with Crippen LogP contribution in [-0.2, 0) is 5.54 Å². The maximum Gasteiger partial charge on any atom is 0.265 e. The molecule has 0 aliphatic heterocycles. The molecule has 5 nitrogen and oxygen atoms in total. The summed E-state index contributed by atoms with van der Waals surface area (Å²) in [4.78, 5) is 18.3. The van der Waals surface area contributed by atoms with Crippen molar-refractivity contribution in [3.05, 3.63) is 53.4 Å². The minimum absolute atomic E-state index is 0.114. The van der Waals surface area contributed by atoms with E-state index in [0.29, 0.717) is 4.88 Å². The predicted molar refractivity (Wildman–Crippen MR) is 97.5 cm³/mol. The smallest absolute Gasteiger partial charge is 0.265 e. The van der Waals surface area contributed by atoms with E-state index in [9.17, 15) is 4.79 Å². The lowest BCUT2D eigenvalue weighted by Gasteiger charge is -2.21. The fraction of sp³-hybridized carbons (Fsp3) is 0.278. The molecule has 3 rings (SSSR count). The summed E-state index contributed by atoms with van der Waals surface area (Å²) >= 11 is 1.46. The van der Waals surface area contributed by atoms with Gasteiger partial charge in [-0.2, -0.15) is 5.10 Å². The number of amides is 1. The standard InChI is InChI=1S/C18H20N4OS/c1-12-14(11-20-22(12)18(2,3)4)21-17(23)16-6-5-15(24-16)13-7-9-19-10-8-13/h5-11H,1-4H3,(H,21,23). The van der Waals surface area contributed by atoms with Gasteiger partial charge in [-0.3, -0.25) is 14.5 Å². The van der Waals surface area contributed by atoms with Crippen LogP contribution in [0.2, 0.25) is 0 Å². The molecule has 0 aromatic carbocycles. The zero-order valence-electron chi connectivity index (χ0n) is 14.2. The summed E-state index contributed by atoms with van der Waals surface area (Å²) in [5.74, 6) is -0.114. The van der Waals surface area contributed by atoms with Crippen LogP contribution in [0.15, 0.2) is 42.9 Å². The summed E-state index contributed by atoms with van der Waals surface area (Å²) in [6.07, 6.45) is 5.20. The quantitative estimate of drug-likeness (QED) is 0.772. The van der Waals surface area contributed by atoms with Gasteiger partial charge in [0.2, 0.25) is 0 Å². The number of hydrogen-bond donors (Lipinski definition) is 1. The first kappa shape index (κ1) is 16.4. The fourth-order valence-corrected chi connectivity index (χ4v) is 3.43. The Kier molecular flexibility index (Phi) is 4.24. The third kappa shape index (κ3) is 3.23. The molecular formula is C18H20N4OS. The van der Waals surface area contributed by atoms with E-state index >= 15 is 0 Å². The Labute approximate surface area is 145 Å². The first-order valence-corrected chi connectivity index (χ1v) is 8.54. The van der Waals surface area contributed by atoms with Gasteiger partial charge in [-0.1, -0.05) is 0 Å². The van der Waals surface area contributed by atoms with Gasteiger partial charge < -0.3 is 5.32 Å². The lowest BCUT2D eigenvalue weighted by Crippen LogP contribution is -2.24. The lowest BCUT2D eigenvalue weighted by molar-refractivity contribution is 0.103. The number of hydrogen-bond acceptors (Lipinski definition) is 4. The second-order valence-corrected chi connectivity index (χ2v) is 7.66. The Hall–Kier alpha value is -2.47. The van der Waals surface area contributed by atoms with E-state index in [2.05, 4.69) is 36.2 Å². The third-order valence-corrected chi connectivity index (χ3v) is 4.82. The highest BCUT2D eigenvalue weighted by molar-refractivity contribution is 7.17. The maximum absolute atomic E-state index is 12.5. The summed E-state index contributed by atoms with van der Waals surface area (Å²) in [5, 5.41) is 7.34. The number of anilines is 1. The molecule has 24 heavy (non-hydrogen) atoms. The van der Waals surface area contributed by atoms with Crippen LogP contribution in [0.4, 0.5) is 5.69 Å². The van der Waals surface area contributed by atoms with Gasteiger partial charge in [0.15, 0.2) is 0 Å². The van der Waals surface area contributed by atoms with Crippen molar-refractivity contribution in [2.45, 2.75) is 33.2 Å². The molecule has 1 amide bonds. The van der Waals surface area contributed by atoms with Gasteiger partial charge in [0.05, 0.1) is 28.0 Å². The average molecular weight is 340 g/mol. The molecule has 3 aromatic rings. The lowest BCUT2D eigenvalue weighted by atomic mass is 10.1. The van der Waals surface area contributed by atoms with Gasteiger partial charge in [0.1, 0.15) is 0 Å². The summed E-state index contributed by atoms with van der Waals surface area (Å²) in [7, 11) is 0. The average Bonchev–Trinajstić information content (AvgIpc) is 3.15. The molecule has 0 bridgehead atoms. The van der Waals surface area contributed by atoms with Crippen molar-refractivity contribution in [2.75, 3.05) is 5.32 Å². The van der Waals surface area contributed by atoms with E-state index in [4.69, 9.17) is 0 Å². The van der Waals surface area contributed by atoms with Crippen LogP contribution in [0.3, 0.4) is 0 Å². The van der Waals surface area contributed by atoms with Crippen molar-refractivity contribution in [1.29, 1.82) is 0 Å². The number of thiophene rings is 1. The van der Waals surface area contributed by atoms with Gasteiger partial charge in [-0.25, -0.2) is 0 Å². The Morgan fingerprint density at radius 1 is 1.17 bits per heavy atom. The van der Waals surface area contributed by atoms with Crippen molar-refractivity contribution >= 4 is 22.9 Å². The SMILES string of the molecule is Cc1c(NC(=O)c2ccc(-c3ccncc3)s2)cnn1C(C)(C)C. The van der Waals surface area contributed by atoms with E-state index in [-0.39, 0.29) is 11.4 Å². The molecular weight excluding hydrogens is 320 g/mol. The van der Waals surface area contributed by atoms with Crippen molar-refractivity contribution in [3.8, 4) is 10.4 Å². The Morgan fingerprint density at radius 2 is 1.88 bits per heavy atom. The summed E-state index contributed by atoms with van der Waals surface area (Å²) < 4.78 is 1.92. The minimum Gasteiger partial charge on any atom is -0.318 e. The second-order valence-electron chi connectivity index (χ2n) is 6.58. The summed E-state index contributed by atoms with van der Waals surface area (Å²) in [6, 6.07) is 7.68. The Balaban J connectivity index is 1.79. The van der Waals surface area contributed by atoms with Crippen molar-refractivity contribution in [3.63, 3.8) is 0 Å². The van der Waals surface area contributed by atoms with E-state index in [1.54, 1.807) is 18.6 Å². The number of pyridine rings is 1. The van der Waals surface area contributed by atoms with Gasteiger partial charge in [-0.15, -0.1) is 11.3 Å². The molecule has 1 N–H and O–H groups in total. The van der Waals surface area contributed by atoms with E-state index in [1.807, 2.05) is 35.9 Å². The number of carbonyl (C=O) groups is 1. The molecule has 0 fully saturated rings. The van der Waals surface area contributed by atoms with Crippen molar-refractivity contribution in [1.82, 2.24) is 14.8 Å². The number of nitrogens with zero attached hydrogens (tertiary/aromatic N) is 3. The van der Waals surface area contributed by atoms with Gasteiger partial charge >= 0.3 is 0 Å². The van der Waals surface area contributed by atoms with Crippen LogP contribution < -0.4 is 5.32 Å². The third-order valence-electron chi connectivity index (χ3n) is 3.69. The number of carbonyl (C=O) groups excluding carboxylic acids is 1. The van der Waals surface area contributed by atoms with Crippen LogP contribution in [0.25, 0.3) is 10.4 Å². The van der Waals surface area contributed by atoms with Crippen LogP contribution in [0.5, 0.6) is 0 Å². The van der Waals surface area contributed by atoms with Gasteiger partial charge in [0, 0.05) is 17.3 Å². The monoisotopic (exact) mass is 340 g/mol. The number of nitrogens with one attached hydrogen (secondary N) is 1. The number of rotatable bonds is 3. The predicted octanol–water partition coefficient (Wildman–Crippen LogP) is 4.32. The van der Waals surface area contributed by atoms with Gasteiger partial charge in [0.25, 0.3) is 5.91 Å². The molecule has 0 saturated carbocycles.